The lowest BCUT2D eigenvalue weighted by atomic mass is 9.64. The van der Waals surface area contributed by atoms with Crippen LogP contribution in [0.5, 0.6) is 0 Å². The average molecular weight is 284 g/mol. The van der Waals surface area contributed by atoms with Crippen molar-refractivity contribution < 1.29 is 14.3 Å². The lowest BCUT2D eigenvalue weighted by molar-refractivity contribution is -0.116. The van der Waals surface area contributed by atoms with Crippen LogP contribution in [0.3, 0.4) is 0 Å². The molecule has 0 N–H and O–H groups in total. The molecule has 1 fully saturated rings. The zero-order valence-corrected chi connectivity index (χ0v) is 12.3. The van der Waals surface area contributed by atoms with Gasteiger partial charge in [0.2, 0.25) is 0 Å². The van der Waals surface area contributed by atoms with Crippen molar-refractivity contribution in [1.82, 2.24) is 0 Å². The molecule has 2 aliphatic carbocycles. The molecule has 0 aliphatic heterocycles. The first kappa shape index (κ1) is 14.1. The number of esters is 1. The van der Waals surface area contributed by atoms with Gasteiger partial charge in [-0.25, -0.2) is 4.79 Å². The van der Waals surface area contributed by atoms with Crippen LogP contribution >= 0.6 is 0 Å². The third-order valence-electron chi connectivity index (χ3n) is 4.84. The Bertz CT molecular complexity index is 588. The summed E-state index contributed by atoms with van der Waals surface area (Å²) >= 11 is 0. The van der Waals surface area contributed by atoms with E-state index in [2.05, 4.69) is 6.92 Å². The Morgan fingerprint density at radius 3 is 2.76 bits per heavy atom. The number of allylic oxidation sites excluding steroid dienone is 1. The highest BCUT2D eigenvalue weighted by Crippen LogP contribution is 2.48. The molecule has 0 saturated heterocycles. The number of carbonyl (C=O) groups is 2. The molecular weight excluding hydrogens is 264 g/mol. The molecule has 2 aliphatic rings. The van der Waals surface area contributed by atoms with Crippen LogP contribution in [-0.2, 0) is 9.53 Å². The van der Waals surface area contributed by atoms with Crippen molar-refractivity contribution in [2.24, 2.45) is 5.41 Å². The summed E-state index contributed by atoms with van der Waals surface area (Å²) in [5.41, 5.74) is 1.58. The van der Waals surface area contributed by atoms with Crippen LogP contribution in [0.15, 0.2) is 42.0 Å². The second-order valence-corrected chi connectivity index (χ2v) is 6.21. The van der Waals surface area contributed by atoms with Crippen LogP contribution in [0.25, 0.3) is 0 Å². The number of ketones is 1. The van der Waals surface area contributed by atoms with Crippen molar-refractivity contribution in [3.63, 3.8) is 0 Å². The number of rotatable bonds is 2. The molecule has 2 atom stereocenters. The van der Waals surface area contributed by atoms with Gasteiger partial charge < -0.3 is 4.74 Å². The van der Waals surface area contributed by atoms with Crippen LogP contribution in [0.2, 0.25) is 0 Å². The predicted molar refractivity (Wildman–Crippen MR) is 79.9 cm³/mol. The number of hydrogen-bond donors (Lipinski definition) is 0. The summed E-state index contributed by atoms with van der Waals surface area (Å²) < 4.78 is 5.79. The Balaban J connectivity index is 1.80. The summed E-state index contributed by atoms with van der Waals surface area (Å²) in [5.74, 6) is -0.0579. The molecule has 3 heteroatoms. The fourth-order valence-electron chi connectivity index (χ4n) is 3.46. The maximum Gasteiger partial charge on any atom is 0.338 e. The molecule has 0 bridgehead atoms. The normalized spacial score (nSPS) is 28.5. The monoisotopic (exact) mass is 284 g/mol. The highest BCUT2D eigenvalue weighted by atomic mass is 16.5. The van der Waals surface area contributed by atoms with Crippen molar-refractivity contribution in [2.45, 2.75) is 45.1 Å². The van der Waals surface area contributed by atoms with Crippen molar-refractivity contribution >= 4 is 11.8 Å². The highest BCUT2D eigenvalue weighted by Gasteiger charge is 2.44. The van der Waals surface area contributed by atoms with Crippen molar-refractivity contribution in [3.8, 4) is 0 Å². The smallest absolute Gasteiger partial charge is 0.338 e. The van der Waals surface area contributed by atoms with Gasteiger partial charge in [0.15, 0.2) is 5.78 Å². The van der Waals surface area contributed by atoms with E-state index < -0.39 is 0 Å². The summed E-state index contributed by atoms with van der Waals surface area (Å²) in [6, 6.07) is 9.10. The molecule has 3 rings (SSSR count). The molecule has 0 amide bonds. The van der Waals surface area contributed by atoms with E-state index in [0.29, 0.717) is 12.0 Å². The highest BCUT2D eigenvalue weighted by molar-refractivity contribution is 5.92. The Morgan fingerprint density at radius 1 is 1.24 bits per heavy atom. The van der Waals surface area contributed by atoms with E-state index in [-0.39, 0.29) is 23.3 Å². The van der Waals surface area contributed by atoms with Gasteiger partial charge in [0.25, 0.3) is 0 Å². The topological polar surface area (TPSA) is 43.4 Å². The largest absolute Gasteiger partial charge is 0.458 e. The second-order valence-electron chi connectivity index (χ2n) is 6.21. The van der Waals surface area contributed by atoms with Gasteiger partial charge in [-0.1, -0.05) is 30.7 Å². The second kappa shape index (κ2) is 5.47. The average Bonchev–Trinajstić information content (AvgIpc) is 2.50. The fourth-order valence-corrected chi connectivity index (χ4v) is 3.46. The molecule has 1 aromatic rings. The molecule has 0 heterocycles. The minimum atomic E-state index is -0.264. The summed E-state index contributed by atoms with van der Waals surface area (Å²) in [6.07, 6.45) is 5.79. The van der Waals surface area contributed by atoms with Gasteiger partial charge in [0.1, 0.15) is 6.10 Å². The quantitative estimate of drug-likeness (QED) is 0.778. The summed E-state index contributed by atoms with van der Waals surface area (Å²) in [7, 11) is 0. The third kappa shape index (κ3) is 2.65. The predicted octanol–water partition coefficient (Wildman–Crippen LogP) is 3.69. The molecule has 0 aromatic heterocycles. The zero-order chi connectivity index (χ0) is 14.9. The standard InChI is InChI=1S/C18H20O3/c1-18-11-10-15(19)12-14(18)8-5-9-16(18)21-17(20)13-6-3-2-4-7-13/h2-4,6-7,12,16H,5,8-11H2,1H3/t16-,18-/m1/s1. The first-order valence-electron chi connectivity index (χ1n) is 7.59. The zero-order valence-electron chi connectivity index (χ0n) is 12.3. The molecule has 0 unspecified atom stereocenters. The molecule has 21 heavy (non-hydrogen) atoms. The summed E-state index contributed by atoms with van der Waals surface area (Å²) in [5, 5.41) is 0. The van der Waals surface area contributed by atoms with Gasteiger partial charge in [-0.05, 0) is 43.9 Å². The number of fused-ring (bicyclic) bond motifs is 1. The number of benzene rings is 1. The van der Waals surface area contributed by atoms with Crippen molar-refractivity contribution in [3.05, 3.63) is 47.5 Å². The Morgan fingerprint density at radius 2 is 2.00 bits per heavy atom. The molecular formula is C18H20O3. The SMILES string of the molecule is C[C@@]12CCC(=O)C=C1CCC[C@H]2OC(=O)c1ccccc1. The van der Waals surface area contributed by atoms with E-state index in [4.69, 9.17) is 4.74 Å². The van der Waals surface area contributed by atoms with Gasteiger partial charge in [0, 0.05) is 11.8 Å². The van der Waals surface area contributed by atoms with Crippen LogP contribution in [0.1, 0.15) is 49.4 Å². The van der Waals surface area contributed by atoms with Crippen molar-refractivity contribution in [2.75, 3.05) is 0 Å². The first-order valence-corrected chi connectivity index (χ1v) is 7.59. The van der Waals surface area contributed by atoms with Gasteiger partial charge in [-0.3, -0.25) is 4.79 Å². The lowest BCUT2D eigenvalue weighted by Gasteiger charge is -2.44. The molecule has 1 saturated carbocycles. The Kier molecular flexibility index (Phi) is 3.66. The molecule has 110 valence electrons. The Labute approximate surface area is 125 Å². The van der Waals surface area contributed by atoms with Crippen LogP contribution in [-0.4, -0.2) is 17.9 Å². The van der Waals surface area contributed by atoms with E-state index in [1.807, 2.05) is 18.2 Å². The van der Waals surface area contributed by atoms with Gasteiger partial charge in [-0.15, -0.1) is 0 Å². The number of carbonyl (C=O) groups excluding carboxylic acids is 2. The maximum atomic E-state index is 12.3. The van der Waals surface area contributed by atoms with Crippen molar-refractivity contribution in [1.29, 1.82) is 0 Å². The molecule has 0 spiro atoms. The van der Waals surface area contributed by atoms with Crippen LogP contribution in [0, 0.1) is 5.41 Å². The third-order valence-corrected chi connectivity index (χ3v) is 4.84. The summed E-state index contributed by atoms with van der Waals surface area (Å²) in [6.45, 7) is 2.13. The lowest BCUT2D eigenvalue weighted by Crippen LogP contribution is -2.43. The van der Waals surface area contributed by atoms with E-state index in [9.17, 15) is 9.59 Å². The van der Waals surface area contributed by atoms with Gasteiger partial charge >= 0.3 is 5.97 Å². The molecule has 0 radical (unpaired) electrons. The van der Waals surface area contributed by atoms with E-state index in [1.165, 1.54) is 0 Å². The minimum absolute atomic E-state index is 0.127. The molecule has 1 aromatic carbocycles. The van der Waals surface area contributed by atoms with E-state index in [0.717, 1.165) is 31.3 Å². The van der Waals surface area contributed by atoms with Gasteiger partial charge in [0.05, 0.1) is 5.56 Å². The fraction of sp³-hybridized carbons (Fsp3) is 0.444. The number of ether oxygens (including phenoxy) is 1. The van der Waals surface area contributed by atoms with E-state index in [1.54, 1.807) is 18.2 Å². The van der Waals surface area contributed by atoms with Crippen LogP contribution < -0.4 is 0 Å². The minimum Gasteiger partial charge on any atom is -0.458 e. The summed E-state index contributed by atoms with van der Waals surface area (Å²) in [4.78, 5) is 23.9. The maximum absolute atomic E-state index is 12.3. The van der Waals surface area contributed by atoms with Crippen LogP contribution in [0.4, 0.5) is 0 Å². The number of hydrogen-bond acceptors (Lipinski definition) is 3. The van der Waals surface area contributed by atoms with E-state index >= 15 is 0 Å². The first-order chi connectivity index (χ1) is 10.1. The molecule has 3 nitrogen and oxygen atoms in total. The van der Waals surface area contributed by atoms with Gasteiger partial charge in [-0.2, -0.15) is 0 Å². The Hall–Kier alpha value is -1.90.